The quantitative estimate of drug-likeness (QED) is 0.718. The van der Waals surface area contributed by atoms with Crippen molar-refractivity contribution in [1.82, 2.24) is 24.8 Å². The maximum absolute atomic E-state index is 13.2. The van der Waals surface area contributed by atoms with E-state index in [9.17, 15) is 4.79 Å². The molecule has 4 rings (SSSR count). The van der Waals surface area contributed by atoms with Crippen molar-refractivity contribution in [3.05, 3.63) is 60.0 Å². The highest BCUT2D eigenvalue weighted by molar-refractivity contribution is 5.94. The zero-order valence-electron chi connectivity index (χ0n) is 14.7. The minimum absolute atomic E-state index is 0. The summed E-state index contributed by atoms with van der Waals surface area (Å²) < 4.78 is 7.25. The summed E-state index contributed by atoms with van der Waals surface area (Å²) in [6.45, 7) is 2.11. The maximum Gasteiger partial charge on any atom is 0.255 e. The zero-order valence-corrected chi connectivity index (χ0v) is 16.4. The van der Waals surface area contributed by atoms with Crippen LogP contribution in [0.1, 0.15) is 22.0 Å². The molecule has 9 heteroatoms. The number of para-hydroxylation sites is 1. The summed E-state index contributed by atoms with van der Waals surface area (Å²) in [5.41, 5.74) is 2.35. The standard InChI is InChI=1S/C18H19N5O2.2ClH/c1-25-16-5-3-2-4-14(16)15-10-19-8-9-23(15)18(24)13-6-7-17-21-20-12-22(17)11-13;;/h2-7,11-12,15,19H,8-10H2,1H3;2*1H. The van der Waals surface area contributed by atoms with Gasteiger partial charge < -0.3 is 15.0 Å². The number of nitrogens with one attached hydrogen (secondary N) is 1. The van der Waals surface area contributed by atoms with Crippen LogP contribution < -0.4 is 10.1 Å². The van der Waals surface area contributed by atoms with Crippen LogP contribution in [0.5, 0.6) is 5.75 Å². The smallest absolute Gasteiger partial charge is 0.255 e. The van der Waals surface area contributed by atoms with Gasteiger partial charge in [0, 0.05) is 31.4 Å². The number of hydrogen-bond donors (Lipinski definition) is 1. The molecule has 1 aromatic carbocycles. The predicted octanol–water partition coefficient (Wildman–Crippen LogP) is 2.37. The van der Waals surface area contributed by atoms with Gasteiger partial charge in [-0.1, -0.05) is 18.2 Å². The first-order chi connectivity index (χ1) is 12.3. The normalized spacial score (nSPS) is 16.3. The molecule has 1 amide bonds. The van der Waals surface area contributed by atoms with Crippen LogP contribution in [0.15, 0.2) is 48.9 Å². The summed E-state index contributed by atoms with van der Waals surface area (Å²) in [5, 5.41) is 11.2. The van der Waals surface area contributed by atoms with E-state index in [-0.39, 0.29) is 36.8 Å². The molecule has 1 N–H and O–H groups in total. The van der Waals surface area contributed by atoms with E-state index in [0.717, 1.165) is 23.5 Å². The predicted molar refractivity (Wildman–Crippen MR) is 107 cm³/mol. The molecule has 1 fully saturated rings. The van der Waals surface area contributed by atoms with Crippen LogP contribution in [0.4, 0.5) is 0 Å². The Morgan fingerprint density at radius 1 is 1.22 bits per heavy atom. The number of fused-ring (bicyclic) bond motifs is 1. The molecule has 144 valence electrons. The number of amides is 1. The molecule has 0 bridgehead atoms. The lowest BCUT2D eigenvalue weighted by atomic mass is 10.0. The van der Waals surface area contributed by atoms with Gasteiger partial charge in [0.2, 0.25) is 0 Å². The lowest BCUT2D eigenvalue weighted by molar-refractivity contribution is 0.0631. The number of methoxy groups -OCH3 is 1. The van der Waals surface area contributed by atoms with Crippen molar-refractivity contribution < 1.29 is 9.53 Å². The van der Waals surface area contributed by atoms with Crippen molar-refractivity contribution in [2.45, 2.75) is 6.04 Å². The van der Waals surface area contributed by atoms with Gasteiger partial charge in [0.25, 0.3) is 5.91 Å². The first-order valence-electron chi connectivity index (χ1n) is 8.22. The molecule has 0 spiro atoms. The monoisotopic (exact) mass is 409 g/mol. The minimum Gasteiger partial charge on any atom is -0.496 e. The van der Waals surface area contributed by atoms with Gasteiger partial charge in [-0.05, 0) is 18.2 Å². The van der Waals surface area contributed by atoms with E-state index in [4.69, 9.17) is 4.74 Å². The number of aromatic nitrogens is 3. The number of ether oxygens (including phenoxy) is 1. The van der Waals surface area contributed by atoms with Crippen LogP contribution in [0.25, 0.3) is 5.65 Å². The molecular formula is C18H21Cl2N5O2. The molecule has 2 aromatic heterocycles. The van der Waals surface area contributed by atoms with Gasteiger partial charge in [-0.15, -0.1) is 35.0 Å². The highest BCUT2D eigenvalue weighted by atomic mass is 35.5. The lowest BCUT2D eigenvalue weighted by Crippen LogP contribution is -2.48. The van der Waals surface area contributed by atoms with Crippen molar-refractivity contribution in [2.75, 3.05) is 26.7 Å². The molecule has 0 saturated carbocycles. The Bertz CT molecular complexity index is 917. The molecule has 1 aliphatic heterocycles. The van der Waals surface area contributed by atoms with Gasteiger partial charge in [-0.3, -0.25) is 9.20 Å². The summed E-state index contributed by atoms with van der Waals surface area (Å²) in [7, 11) is 1.65. The zero-order chi connectivity index (χ0) is 17.2. The van der Waals surface area contributed by atoms with Crippen molar-refractivity contribution >= 4 is 36.4 Å². The van der Waals surface area contributed by atoms with E-state index in [0.29, 0.717) is 18.7 Å². The molecule has 27 heavy (non-hydrogen) atoms. The molecule has 1 saturated heterocycles. The second-order valence-electron chi connectivity index (χ2n) is 5.97. The highest BCUT2D eigenvalue weighted by Gasteiger charge is 2.30. The SMILES string of the molecule is COc1ccccc1C1CNCCN1C(=O)c1ccc2nncn2c1.Cl.Cl. The molecule has 1 atom stereocenters. The van der Waals surface area contributed by atoms with Crippen LogP contribution in [-0.2, 0) is 0 Å². The second kappa shape index (κ2) is 9.03. The average molecular weight is 410 g/mol. The third-order valence-electron chi connectivity index (χ3n) is 4.54. The molecule has 0 aliphatic carbocycles. The Morgan fingerprint density at radius 3 is 2.85 bits per heavy atom. The summed E-state index contributed by atoms with van der Waals surface area (Å²) in [6.07, 6.45) is 3.38. The van der Waals surface area contributed by atoms with E-state index in [1.54, 1.807) is 36.2 Å². The number of halogens is 2. The minimum atomic E-state index is -0.0750. The van der Waals surface area contributed by atoms with Gasteiger partial charge in [-0.2, -0.15) is 0 Å². The van der Waals surface area contributed by atoms with Crippen molar-refractivity contribution in [2.24, 2.45) is 0 Å². The third kappa shape index (κ3) is 4.00. The Labute approximate surface area is 169 Å². The van der Waals surface area contributed by atoms with E-state index < -0.39 is 0 Å². The number of piperazine rings is 1. The number of nitrogens with zero attached hydrogens (tertiary/aromatic N) is 4. The fourth-order valence-corrected chi connectivity index (χ4v) is 3.29. The average Bonchev–Trinajstić information content (AvgIpc) is 3.15. The number of rotatable bonds is 3. The largest absolute Gasteiger partial charge is 0.496 e. The van der Waals surface area contributed by atoms with Gasteiger partial charge in [0.1, 0.15) is 12.1 Å². The van der Waals surface area contributed by atoms with Crippen LogP contribution in [0.3, 0.4) is 0 Å². The van der Waals surface area contributed by atoms with Gasteiger partial charge >= 0.3 is 0 Å². The summed E-state index contributed by atoms with van der Waals surface area (Å²) in [5.74, 6) is 0.788. The van der Waals surface area contributed by atoms with E-state index >= 15 is 0 Å². The van der Waals surface area contributed by atoms with Crippen LogP contribution in [0, 0.1) is 0 Å². The van der Waals surface area contributed by atoms with Gasteiger partial charge in [0.15, 0.2) is 5.65 Å². The summed E-state index contributed by atoms with van der Waals surface area (Å²) in [4.78, 5) is 15.1. The topological polar surface area (TPSA) is 71.8 Å². The second-order valence-corrected chi connectivity index (χ2v) is 5.97. The van der Waals surface area contributed by atoms with Gasteiger partial charge in [-0.25, -0.2) is 0 Å². The van der Waals surface area contributed by atoms with E-state index in [2.05, 4.69) is 15.5 Å². The van der Waals surface area contributed by atoms with Crippen LogP contribution in [-0.4, -0.2) is 52.1 Å². The van der Waals surface area contributed by atoms with E-state index in [1.807, 2.05) is 29.2 Å². The molecule has 3 heterocycles. The molecule has 3 aromatic rings. The molecule has 1 aliphatic rings. The fraction of sp³-hybridized carbons (Fsp3) is 0.278. The highest BCUT2D eigenvalue weighted by Crippen LogP contribution is 2.31. The van der Waals surface area contributed by atoms with Crippen LogP contribution >= 0.6 is 24.8 Å². The molecule has 7 nitrogen and oxygen atoms in total. The summed E-state index contributed by atoms with van der Waals surface area (Å²) >= 11 is 0. The fourth-order valence-electron chi connectivity index (χ4n) is 3.29. The Hall–Kier alpha value is -2.35. The Morgan fingerprint density at radius 2 is 2.04 bits per heavy atom. The number of pyridine rings is 1. The first kappa shape index (κ1) is 21.0. The molecule has 1 unspecified atom stereocenters. The lowest BCUT2D eigenvalue weighted by Gasteiger charge is -2.37. The van der Waals surface area contributed by atoms with Crippen molar-refractivity contribution in [1.29, 1.82) is 0 Å². The third-order valence-corrected chi connectivity index (χ3v) is 4.54. The summed E-state index contributed by atoms with van der Waals surface area (Å²) in [6, 6.07) is 11.4. The number of benzene rings is 1. The number of carbonyl (C=O) groups is 1. The van der Waals surface area contributed by atoms with Crippen molar-refractivity contribution in [3.63, 3.8) is 0 Å². The molecular weight excluding hydrogens is 389 g/mol. The number of carbonyl (C=O) groups excluding carboxylic acids is 1. The number of hydrogen-bond acceptors (Lipinski definition) is 5. The van der Waals surface area contributed by atoms with E-state index in [1.165, 1.54) is 0 Å². The Balaban J connectivity index is 0.00000131. The molecule has 0 radical (unpaired) electrons. The van der Waals surface area contributed by atoms with Crippen molar-refractivity contribution in [3.8, 4) is 5.75 Å². The van der Waals surface area contributed by atoms with Gasteiger partial charge in [0.05, 0.1) is 18.7 Å². The Kier molecular flexibility index (Phi) is 7.01. The first-order valence-corrected chi connectivity index (χ1v) is 8.22. The van der Waals surface area contributed by atoms with Crippen LogP contribution in [0.2, 0.25) is 0 Å². The maximum atomic E-state index is 13.2.